The Bertz CT molecular complexity index is 957. The van der Waals surface area contributed by atoms with Gasteiger partial charge in [-0.1, -0.05) is 41.9 Å². The number of rotatable bonds is 4. The highest BCUT2D eigenvalue weighted by atomic mass is 35.5. The van der Waals surface area contributed by atoms with Gasteiger partial charge in [0.25, 0.3) is 10.0 Å². The first kappa shape index (κ1) is 17.4. The molecule has 130 valence electrons. The van der Waals surface area contributed by atoms with Crippen molar-refractivity contribution in [3.05, 3.63) is 64.7 Å². The molecule has 1 unspecified atom stereocenters. The lowest BCUT2D eigenvalue weighted by molar-refractivity contribution is -0.120. The summed E-state index contributed by atoms with van der Waals surface area (Å²) in [6.45, 7) is 1.63. The first-order chi connectivity index (χ1) is 11.9. The van der Waals surface area contributed by atoms with Crippen LogP contribution < -0.4 is 10.0 Å². The second-order valence-electron chi connectivity index (χ2n) is 5.58. The van der Waals surface area contributed by atoms with Gasteiger partial charge in [-0.3, -0.25) is 14.5 Å². The summed E-state index contributed by atoms with van der Waals surface area (Å²) in [5.41, 5.74) is 1.27. The van der Waals surface area contributed by atoms with E-state index < -0.39 is 10.0 Å². The molecule has 0 saturated carbocycles. The third kappa shape index (κ3) is 3.67. The van der Waals surface area contributed by atoms with Crippen molar-refractivity contribution in [3.8, 4) is 0 Å². The van der Waals surface area contributed by atoms with Crippen molar-refractivity contribution in [2.24, 2.45) is 4.99 Å². The molecule has 1 aliphatic rings. The topological polar surface area (TPSA) is 87.6 Å². The van der Waals surface area contributed by atoms with Gasteiger partial charge in [0, 0.05) is 10.6 Å². The standard InChI is InChI=1S/C17H16ClN3O3S/c1-11(12-6-2-4-8-14(12)18)20-16(22)10-19-17-13-7-3-5-9-15(13)25(23,24)21-17/h2-9,11H,10H2,1H3,(H,19,21)(H,20,22). The maximum atomic E-state index is 12.1. The van der Waals surface area contributed by atoms with Crippen molar-refractivity contribution in [3.63, 3.8) is 0 Å². The van der Waals surface area contributed by atoms with E-state index >= 15 is 0 Å². The van der Waals surface area contributed by atoms with Crippen LogP contribution in [-0.2, 0) is 14.8 Å². The molecule has 1 amide bonds. The monoisotopic (exact) mass is 377 g/mol. The van der Waals surface area contributed by atoms with Gasteiger partial charge in [-0.15, -0.1) is 0 Å². The fourth-order valence-corrected chi connectivity index (χ4v) is 4.14. The van der Waals surface area contributed by atoms with E-state index in [1.165, 1.54) is 6.07 Å². The van der Waals surface area contributed by atoms with Gasteiger partial charge in [0.15, 0.2) is 0 Å². The third-order valence-electron chi connectivity index (χ3n) is 3.79. The molecule has 0 bridgehead atoms. The number of nitrogens with one attached hydrogen (secondary N) is 2. The molecule has 0 aliphatic carbocycles. The van der Waals surface area contributed by atoms with Crippen LogP contribution in [0.1, 0.15) is 24.1 Å². The third-order valence-corrected chi connectivity index (χ3v) is 5.53. The SMILES string of the molecule is CC(NC(=O)CN=C1NS(=O)(=O)c2ccccc21)c1ccccc1Cl. The smallest absolute Gasteiger partial charge is 0.263 e. The van der Waals surface area contributed by atoms with Crippen LogP contribution in [-0.4, -0.2) is 26.7 Å². The Kier molecular flexibility index (Phi) is 4.78. The van der Waals surface area contributed by atoms with Crippen molar-refractivity contribution < 1.29 is 13.2 Å². The number of hydrogen-bond acceptors (Lipinski definition) is 4. The highest BCUT2D eigenvalue weighted by molar-refractivity contribution is 7.90. The largest absolute Gasteiger partial charge is 0.348 e. The zero-order valence-electron chi connectivity index (χ0n) is 13.4. The predicted molar refractivity (Wildman–Crippen MR) is 96.2 cm³/mol. The Hall–Kier alpha value is -2.38. The molecular weight excluding hydrogens is 362 g/mol. The predicted octanol–water partition coefficient (Wildman–Crippen LogP) is 2.26. The number of amides is 1. The van der Waals surface area contributed by atoms with Crippen molar-refractivity contribution in [1.82, 2.24) is 10.0 Å². The van der Waals surface area contributed by atoms with Gasteiger partial charge in [-0.05, 0) is 30.7 Å². The van der Waals surface area contributed by atoms with Crippen LogP contribution in [0, 0.1) is 0 Å². The number of halogens is 1. The van der Waals surface area contributed by atoms with E-state index in [4.69, 9.17) is 11.6 Å². The maximum absolute atomic E-state index is 12.1. The second-order valence-corrected chi connectivity index (χ2v) is 7.64. The first-order valence-corrected chi connectivity index (χ1v) is 9.45. The summed E-state index contributed by atoms with van der Waals surface area (Å²) in [5, 5.41) is 3.37. The molecule has 0 radical (unpaired) electrons. The van der Waals surface area contributed by atoms with Crippen LogP contribution in [0.15, 0.2) is 58.4 Å². The summed E-state index contributed by atoms with van der Waals surface area (Å²) in [6, 6.07) is 13.5. The summed E-state index contributed by atoms with van der Waals surface area (Å²) in [6.07, 6.45) is 0. The Morgan fingerprint density at radius 2 is 1.88 bits per heavy atom. The zero-order valence-corrected chi connectivity index (χ0v) is 14.9. The summed E-state index contributed by atoms with van der Waals surface area (Å²) in [7, 11) is -3.60. The molecule has 1 heterocycles. The Morgan fingerprint density at radius 3 is 2.64 bits per heavy atom. The number of hydrogen-bond donors (Lipinski definition) is 2. The summed E-state index contributed by atoms with van der Waals surface area (Å²) >= 11 is 6.12. The van der Waals surface area contributed by atoms with E-state index in [9.17, 15) is 13.2 Å². The number of aliphatic imine (C=N–C) groups is 1. The number of nitrogens with zero attached hydrogens (tertiary/aromatic N) is 1. The quantitative estimate of drug-likeness (QED) is 0.856. The molecule has 0 saturated heterocycles. The second kappa shape index (κ2) is 6.85. The van der Waals surface area contributed by atoms with Gasteiger partial charge < -0.3 is 5.32 Å². The molecule has 0 fully saturated rings. The molecule has 2 aromatic carbocycles. The lowest BCUT2D eigenvalue weighted by Gasteiger charge is -2.15. The van der Waals surface area contributed by atoms with E-state index in [1.807, 2.05) is 25.1 Å². The van der Waals surface area contributed by atoms with Gasteiger partial charge in [0.1, 0.15) is 12.4 Å². The molecular formula is C17H16ClN3O3S. The van der Waals surface area contributed by atoms with Crippen molar-refractivity contribution in [2.75, 3.05) is 6.54 Å². The average Bonchev–Trinajstić information content (AvgIpc) is 2.84. The molecule has 1 aliphatic heterocycles. The molecule has 1 atom stereocenters. The van der Waals surface area contributed by atoms with E-state index in [0.717, 1.165) is 5.56 Å². The molecule has 2 aromatic rings. The van der Waals surface area contributed by atoms with E-state index in [2.05, 4.69) is 15.0 Å². The average molecular weight is 378 g/mol. The highest BCUT2D eigenvalue weighted by Gasteiger charge is 2.30. The van der Waals surface area contributed by atoms with Gasteiger partial charge in [0.2, 0.25) is 5.91 Å². The number of benzene rings is 2. The normalized spacial score (nSPS) is 17.6. The summed E-state index contributed by atoms with van der Waals surface area (Å²) in [5.74, 6) is -0.153. The van der Waals surface area contributed by atoms with Gasteiger partial charge in [0.05, 0.1) is 10.9 Å². The number of carbonyl (C=O) groups is 1. The number of carbonyl (C=O) groups excluding carboxylic acids is 1. The summed E-state index contributed by atoms with van der Waals surface area (Å²) in [4.78, 5) is 16.4. The highest BCUT2D eigenvalue weighted by Crippen LogP contribution is 2.23. The minimum absolute atomic E-state index is 0.165. The minimum Gasteiger partial charge on any atom is -0.348 e. The number of fused-ring (bicyclic) bond motifs is 1. The van der Waals surface area contributed by atoms with Crippen LogP contribution in [0.2, 0.25) is 5.02 Å². The minimum atomic E-state index is -3.60. The molecule has 25 heavy (non-hydrogen) atoms. The van der Waals surface area contributed by atoms with Crippen LogP contribution in [0.25, 0.3) is 0 Å². The Balaban J connectivity index is 1.71. The van der Waals surface area contributed by atoms with Gasteiger partial charge in [-0.2, -0.15) is 0 Å². The molecule has 8 heteroatoms. The van der Waals surface area contributed by atoms with E-state index in [1.54, 1.807) is 24.3 Å². The molecule has 6 nitrogen and oxygen atoms in total. The molecule has 3 rings (SSSR count). The Morgan fingerprint density at radius 1 is 1.20 bits per heavy atom. The number of sulfonamides is 1. The fraction of sp³-hybridized carbons (Fsp3) is 0.176. The van der Waals surface area contributed by atoms with Crippen molar-refractivity contribution in [1.29, 1.82) is 0 Å². The van der Waals surface area contributed by atoms with Crippen molar-refractivity contribution >= 4 is 33.4 Å². The molecule has 0 aromatic heterocycles. The van der Waals surface area contributed by atoms with Crippen molar-refractivity contribution in [2.45, 2.75) is 17.9 Å². The number of amidine groups is 1. The maximum Gasteiger partial charge on any atom is 0.263 e. The molecule has 0 spiro atoms. The van der Waals surface area contributed by atoms with Gasteiger partial charge >= 0.3 is 0 Å². The zero-order chi connectivity index (χ0) is 18.0. The molecule has 2 N–H and O–H groups in total. The Labute approximate surface area is 151 Å². The van der Waals surface area contributed by atoms with Crippen LogP contribution in [0.4, 0.5) is 0 Å². The van der Waals surface area contributed by atoms with Gasteiger partial charge in [-0.25, -0.2) is 8.42 Å². The first-order valence-electron chi connectivity index (χ1n) is 7.59. The summed E-state index contributed by atoms with van der Waals surface area (Å²) < 4.78 is 26.4. The fourth-order valence-electron chi connectivity index (χ4n) is 2.59. The lowest BCUT2D eigenvalue weighted by atomic mass is 10.1. The van der Waals surface area contributed by atoms with E-state index in [-0.39, 0.29) is 29.2 Å². The van der Waals surface area contributed by atoms with Crippen LogP contribution in [0.5, 0.6) is 0 Å². The lowest BCUT2D eigenvalue weighted by Crippen LogP contribution is -2.30. The van der Waals surface area contributed by atoms with Crippen LogP contribution in [0.3, 0.4) is 0 Å². The van der Waals surface area contributed by atoms with Crippen LogP contribution >= 0.6 is 11.6 Å². The van der Waals surface area contributed by atoms with E-state index in [0.29, 0.717) is 10.6 Å².